The summed E-state index contributed by atoms with van der Waals surface area (Å²) < 4.78 is 18.7. The van der Waals surface area contributed by atoms with Crippen LogP contribution >= 0.6 is 0 Å². The SMILES string of the molecule is O=C(c1ccccc1O)N1CCOC(c2ccc(F)cc2)C1. The fourth-order valence-corrected chi connectivity index (χ4v) is 2.54. The minimum Gasteiger partial charge on any atom is -0.507 e. The lowest BCUT2D eigenvalue weighted by molar-refractivity contribution is -0.0229. The van der Waals surface area contributed by atoms with Crippen molar-refractivity contribution in [3.05, 3.63) is 65.5 Å². The molecule has 5 heteroatoms. The third-order valence-electron chi connectivity index (χ3n) is 3.73. The number of carbonyl (C=O) groups is 1. The van der Waals surface area contributed by atoms with E-state index in [9.17, 15) is 14.3 Å². The van der Waals surface area contributed by atoms with Gasteiger partial charge in [0.05, 0.1) is 18.7 Å². The van der Waals surface area contributed by atoms with Crippen LogP contribution in [-0.2, 0) is 4.74 Å². The molecule has 0 aromatic heterocycles. The highest BCUT2D eigenvalue weighted by Crippen LogP contribution is 2.25. The Bertz CT molecular complexity index is 672. The van der Waals surface area contributed by atoms with Crippen LogP contribution in [0.25, 0.3) is 0 Å². The highest BCUT2D eigenvalue weighted by molar-refractivity contribution is 5.96. The summed E-state index contributed by atoms with van der Waals surface area (Å²) in [5.41, 5.74) is 1.11. The fourth-order valence-electron chi connectivity index (χ4n) is 2.54. The standard InChI is InChI=1S/C17H16FNO3/c18-13-7-5-12(6-8-13)16-11-19(9-10-22-16)17(21)14-3-1-2-4-15(14)20/h1-8,16,20H,9-11H2. The van der Waals surface area contributed by atoms with Gasteiger partial charge in [-0.05, 0) is 29.8 Å². The van der Waals surface area contributed by atoms with E-state index in [1.54, 1.807) is 35.2 Å². The number of carbonyl (C=O) groups excluding carboxylic acids is 1. The first-order valence-corrected chi connectivity index (χ1v) is 7.09. The number of aromatic hydroxyl groups is 1. The maximum atomic E-state index is 13.0. The van der Waals surface area contributed by atoms with Gasteiger partial charge in [-0.1, -0.05) is 24.3 Å². The zero-order valence-electron chi connectivity index (χ0n) is 11.9. The van der Waals surface area contributed by atoms with E-state index in [0.717, 1.165) is 5.56 Å². The average molecular weight is 301 g/mol. The molecule has 1 heterocycles. The van der Waals surface area contributed by atoms with Gasteiger partial charge >= 0.3 is 0 Å². The number of rotatable bonds is 2. The van der Waals surface area contributed by atoms with Crippen molar-refractivity contribution in [3.63, 3.8) is 0 Å². The van der Waals surface area contributed by atoms with Crippen molar-refractivity contribution in [3.8, 4) is 5.75 Å². The van der Waals surface area contributed by atoms with Crippen LogP contribution in [0.5, 0.6) is 5.75 Å². The molecule has 1 fully saturated rings. The van der Waals surface area contributed by atoms with Gasteiger partial charge in [-0.3, -0.25) is 4.79 Å². The Kier molecular flexibility index (Phi) is 4.06. The summed E-state index contributed by atoms with van der Waals surface area (Å²) in [7, 11) is 0. The summed E-state index contributed by atoms with van der Waals surface area (Å²) in [6.07, 6.45) is -0.288. The molecule has 1 aliphatic rings. The lowest BCUT2D eigenvalue weighted by atomic mass is 10.1. The normalized spacial score (nSPS) is 18.2. The van der Waals surface area contributed by atoms with Gasteiger partial charge in [-0.2, -0.15) is 0 Å². The smallest absolute Gasteiger partial charge is 0.257 e. The van der Waals surface area contributed by atoms with Crippen molar-refractivity contribution in [1.29, 1.82) is 0 Å². The number of nitrogens with zero attached hydrogens (tertiary/aromatic N) is 1. The molecule has 2 aromatic rings. The molecular formula is C17H16FNO3. The van der Waals surface area contributed by atoms with E-state index in [2.05, 4.69) is 0 Å². The van der Waals surface area contributed by atoms with Gasteiger partial charge in [-0.15, -0.1) is 0 Å². The van der Waals surface area contributed by atoms with Crippen LogP contribution in [-0.4, -0.2) is 35.6 Å². The van der Waals surface area contributed by atoms with Gasteiger partial charge in [-0.25, -0.2) is 4.39 Å². The Morgan fingerprint density at radius 3 is 2.64 bits per heavy atom. The van der Waals surface area contributed by atoms with Gasteiger partial charge in [0.2, 0.25) is 0 Å². The molecule has 1 N–H and O–H groups in total. The third-order valence-corrected chi connectivity index (χ3v) is 3.73. The molecule has 0 bridgehead atoms. The third kappa shape index (κ3) is 2.94. The fraction of sp³-hybridized carbons (Fsp3) is 0.235. The second kappa shape index (κ2) is 6.15. The number of hydrogen-bond acceptors (Lipinski definition) is 3. The van der Waals surface area contributed by atoms with Crippen molar-refractivity contribution in [1.82, 2.24) is 4.90 Å². The predicted molar refractivity (Wildman–Crippen MR) is 79.1 cm³/mol. The Hall–Kier alpha value is -2.40. The van der Waals surface area contributed by atoms with Crippen molar-refractivity contribution in [2.24, 2.45) is 0 Å². The van der Waals surface area contributed by atoms with Crippen LogP contribution < -0.4 is 0 Å². The Labute approximate surface area is 127 Å². The van der Waals surface area contributed by atoms with Crippen molar-refractivity contribution in [2.75, 3.05) is 19.7 Å². The van der Waals surface area contributed by atoms with Crippen LogP contribution in [0.2, 0.25) is 0 Å². The van der Waals surface area contributed by atoms with Crippen LogP contribution in [0, 0.1) is 5.82 Å². The van der Waals surface area contributed by atoms with Crippen LogP contribution in [0.1, 0.15) is 22.0 Å². The van der Waals surface area contributed by atoms with E-state index in [-0.39, 0.29) is 29.1 Å². The maximum Gasteiger partial charge on any atom is 0.257 e. The Balaban J connectivity index is 1.77. The first-order chi connectivity index (χ1) is 10.6. The van der Waals surface area contributed by atoms with Gasteiger partial charge in [0.25, 0.3) is 5.91 Å². The van der Waals surface area contributed by atoms with E-state index in [1.807, 2.05) is 0 Å². The van der Waals surface area contributed by atoms with Gasteiger partial charge in [0.15, 0.2) is 0 Å². The van der Waals surface area contributed by atoms with Gasteiger partial charge in [0.1, 0.15) is 17.7 Å². The minimum absolute atomic E-state index is 0.0303. The summed E-state index contributed by atoms with van der Waals surface area (Å²) in [5.74, 6) is -0.562. The van der Waals surface area contributed by atoms with Crippen molar-refractivity contribution in [2.45, 2.75) is 6.10 Å². The maximum absolute atomic E-state index is 13.0. The molecule has 3 rings (SSSR count). The van der Waals surface area contributed by atoms with Gasteiger partial charge in [0, 0.05) is 6.54 Å². The number of para-hydroxylation sites is 1. The summed E-state index contributed by atoms with van der Waals surface area (Å²) in [6, 6.07) is 12.6. The molecule has 0 aliphatic carbocycles. The second-order valence-electron chi connectivity index (χ2n) is 5.18. The summed E-state index contributed by atoms with van der Waals surface area (Å²) in [4.78, 5) is 14.1. The zero-order valence-corrected chi connectivity index (χ0v) is 11.9. The Morgan fingerprint density at radius 2 is 1.91 bits per heavy atom. The van der Waals surface area contributed by atoms with E-state index >= 15 is 0 Å². The lowest BCUT2D eigenvalue weighted by Gasteiger charge is -2.33. The number of phenolic OH excluding ortho intramolecular Hbond substituents is 1. The molecule has 1 unspecified atom stereocenters. The highest BCUT2D eigenvalue weighted by atomic mass is 19.1. The first kappa shape index (κ1) is 14.5. The summed E-state index contributed by atoms with van der Waals surface area (Å²) >= 11 is 0. The monoisotopic (exact) mass is 301 g/mol. The number of morpholine rings is 1. The highest BCUT2D eigenvalue weighted by Gasteiger charge is 2.27. The Morgan fingerprint density at radius 1 is 1.18 bits per heavy atom. The molecule has 2 aromatic carbocycles. The summed E-state index contributed by atoms with van der Waals surface area (Å²) in [5, 5.41) is 9.80. The van der Waals surface area contributed by atoms with E-state index in [4.69, 9.17) is 4.74 Å². The van der Waals surface area contributed by atoms with Crippen LogP contribution in [0.15, 0.2) is 48.5 Å². The van der Waals surface area contributed by atoms with Crippen molar-refractivity contribution < 1.29 is 19.0 Å². The number of benzene rings is 2. The first-order valence-electron chi connectivity index (χ1n) is 7.09. The van der Waals surface area contributed by atoms with Crippen LogP contribution in [0.4, 0.5) is 4.39 Å². The van der Waals surface area contributed by atoms with E-state index in [1.165, 1.54) is 18.2 Å². The second-order valence-corrected chi connectivity index (χ2v) is 5.18. The quantitative estimate of drug-likeness (QED) is 0.928. The molecule has 0 saturated carbocycles. The number of phenols is 1. The largest absolute Gasteiger partial charge is 0.507 e. The van der Waals surface area contributed by atoms with Crippen molar-refractivity contribution >= 4 is 5.91 Å². The molecule has 1 aliphatic heterocycles. The predicted octanol–water partition coefficient (Wildman–Crippen LogP) is 2.75. The molecule has 4 nitrogen and oxygen atoms in total. The molecule has 0 spiro atoms. The molecule has 114 valence electrons. The minimum atomic E-state index is -0.304. The molecule has 0 radical (unpaired) electrons. The number of halogens is 1. The topological polar surface area (TPSA) is 49.8 Å². The van der Waals surface area contributed by atoms with E-state index in [0.29, 0.717) is 19.7 Å². The molecule has 1 atom stereocenters. The lowest BCUT2D eigenvalue weighted by Crippen LogP contribution is -2.42. The number of hydrogen-bond donors (Lipinski definition) is 1. The van der Waals surface area contributed by atoms with Crippen LogP contribution in [0.3, 0.4) is 0 Å². The zero-order chi connectivity index (χ0) is 15.5. The number of ether oxygens (including phenoxy) is 1. The molecular weight excluding hydrogens is 285 g/mol. The molecule has 22 heavy (non-hydrogen) atoms. The van der Waals surface area contributed by atoms with Gasteiger partial charge < -0.3 is 14.7 Å². The average Bonchev–Trinajstić information content (AvgIpc) is 2.55. The summed E-state index contributed by atoms with van der Waals surface area (Å²) in [6.45, 7) is 1.24. The number of amides is 1. The molecule has 1 amide bonds. The molecule has 1 saturated heterocycles. The van der Waals surface area contributed by atoms with E-state index < -0.39 is 0 Å².